The van der Waals surface area contributed by atoms with E-state index in [1.54, 1.807) is 28.9 Å². The van der Waals surface area contributed by atoms with E-state index in [1.807, 2.05) is 6.07 Å². The zero-order valence-corrected chi connectivity index (χ0v) is 15.7. The van der Waals surface area contributed by atoms with E-state index in [1.165, 1.54) is 17.4 Å². The summed E-state index contributed by atoms with van der Waals surface area (Å²) in [6.07, 6.45) is 2.17. The van der Waals surface area contributed by atoms with Gasteiger partial charge in [0.1, 0.15) is 5.75 Å². The van der Waals surface area contributed by atoms with Crippen molar-refractivity contribution in [3.8, 4) is 16.3 Å². The Kier molecular flexibility index (Phi) is 3.95. The first-order valence-electron chi connectivity index (χ1n) is 8.72. The fourth-order valence-corrected chi connectivity index (χ4v) is 3.86. The maximum atomic E-state index is 12.5. The van der Waals surface area contributed by atoms with Gasteiger partial charge in [-0.15, -0.1) is 10.2 Å². The summed E-state index contributed by atoms with van der Waals surface area (Å²) >= 11 is 1.29. The first-order chi connectivity index (χ1) is 14.1. The molecule has 10 nitrogen and oxygen atoms in total. The standard InChI is InChI=1S/C18H14N8O2S/c19-9-3-4-10(13(28)8-9)17-25-26-14(23-24-18(26)29-17)6-5-12(27)16-21-11-2-1-7-20-15(11)22-16/h1-4,7-8,28H,5-6,19H2,(H,20,21,22). The molecule has 11 heteroatoms. The molecule has 0 fully saturated rings. The van der Waals surface area contributed by atoms with E-state index >= 15 is 0 Å². The van der Waals surface area contributed by atoms with Gasteiger partial charge in [0.05, 0.1) is 11.1 Å². The molecule has 0 unspecified atom stereocenters. The van der Waals surface area contributed by atoms with E-state index in [9.17, 15) is 9.90 Å². The lowest BCUT2D eigenvalue weighted by Gasteiger charge is -2.01. The van der Waals surface area contributed by atoms with Gasteiger partial charge in [0.15, 0.2) is 28.1 Å². The van der Waals surface area contributed by atoms with Crippen LogP contribution in [0.2, 0.25) is 0 Å². The molecule has 0 amide bonds. The number of aryl methyl sites for hydroxylation is 1. The second-order valence-electron chi connectivity index (χ2n) is 6.38. The number of nitrogens with two attached hydrogens (primary N) is 1. The molecule has 4 N–H and O–H groups in total. The number of imidazole rings is 1. The van der Waals surface area contributed by atoms with Gasteiger partial charge >= 0.3 is 0 Å². The number of carbonyl (C=O) groups is 1. The number of aromatic nitrogens is 7. The highest BCUT2D eigenvalue weighted by Gasteiger charge is 2.18. The highest BCUT2D eigenvalue weighted by atomic mass is 32.1. The summed E-state index contributed by atoms with van der Waals surface area (Å²) in [4.78, 5) is 24.4. The molecule has 0 saturated heterocycles. The largest absolute Gasteiger partial charge is 0.507 e. The number of ketones is 1. The number of phenolic OH excluding ortho intramolecular Hbond substituents is 1. The van der Waals surface area contributed by atoms with Crippen molar-refractivity contribution in [1.29, 1.82) is 0 Å². The average molecular weight is 406 g/mol. The number of phenols is 1. The number of H-pyrrole nitrogens is 1. The van der Waals surface area contributed by atoms with Gasteiger partial charge in [-0.05, 0) is 24.3 Å². The predicted molar refractivity (Wildman–Crippen MR) is 107 cm³/mol. The van der Waals surface area contributed by atoms with Crippen LogP contribution >= 0.6 is 11.3 Å². The Balaban J connectivity index is 1.38. The number of benzene rings is 1. The fraction of sp³-hybridized carbons (Fsp3) is 0.111. The summed E-state index contributed by atoms with van der Waals surface area (Å²) in [6.45, 7) is 0. The molecule has 5 rings (SSSR count). The minimum atomic E-state index is -0.147. The maximum Gasteiger partial charge on any atom is 0.234 e. The first-order valence-corrected chi connectivity index (χ1v) is 9.54. The lowest BCUT2D eigenvalue weighted by Crippen LogP contribution is -2.06. The van der Waals surface area contributed by atoms with Crippen LogP contribution in [0.5, 0.6) is 5.75 Å². The van der Waals surface area contributed by atoms with Crippen LogP contribution in [0.25, 0.3) is 26.7 Å². The average Bonchev–Trinajstić information content (AvgIpc) is 3.40. The number of nitrogens with zero attached hydrogens (tertiary/aromatic N) is 6. The van der Waals surface area contributed by atoms with Gasteiger partial charge < -0.3 is 15.8 Å². The Morgan fingerprint density at radius 1 is 1.28 bits per heavy atom. The molecule has 0 bridgehead atoms. The van der Waals surface area contributed by atoms with Crippen molar-refractivity contribution >= 4 is 38.9 Å². The number of nitrogen functional groups attached to an aromatic ring is 1. The van der Waals surface area contributed by atoms with Crippen LogP contribution in [0.4, 0.5) is 5.69 Å². The summed E-state index contributed by atoms with van der Waals surface area (Å²) in [7, 11) is 0. The monoisotopic (exact) mass is 406 g/mol. The third-order valence-corrected chi connectivity index (χ3v) is 5.34. The Morgan fingerprint density at radius 3 is 3.00 bits per heavy atom. The van der Waals surface area contributed by atoms with Gasteiger partial charge in [-0.25, -0.2) is 9.97 Å². The molecular weight excluding hydrogens is 392 g/mol. The van der Waals surface area contributed by atoms with Crippen LogP contribution in [0.3, 0.4) is 0 Å². The highest BCUT2D eigenvalue weighted by molar-refractivity contribution is 7.19. The molecule has 0 aliphatic rings. The molecule has 0 radical (unpaired) electrons. The second kappa shape index (κ2) is 6.63. The summed E-state index contributed by atoms with van der Waals surface area (Å²) in [5.74, 6) is 0.724. The van der Waals surface area contributed by atoms with Crippen molar-refractivity contribution in [1.82, 2.24) is 34.8 Å². The molecule has 0 saturated carbocycles. The van der Waals surface area contributed by atoms with Gasteiger partial charge in [0, 0.05) is 30.8 Å². The number of anilines is 1. The SMILES string of the molecule is Nc1ccc(-c2nn3c(CCC(=O)c4nc5ncccc5[nH]4)nnc3s2)c(O)c1. The predicted octanol–water partition coefficient (Wildman–Crippen LogP) is 2.23. The minimum absolute atomic E-state index is 0.0465. The Hall–Kier alpha value is -3.86. The normalized spacial score (nSPS) is 11.4. The number of Topliss-reactive ketones (excluding diaryl/α,β-unsaturated/α-hetero) is 1. The van der Waals surface area contributed by atoms with Gasteiger partial charge in [0.2, 0.25) is 4.96 Å². The molecule has 0 spiro atoms. The number of aromatic amines is 1. The van der Waals surface area contributed by atoms with Crippen molar-refractivity contribution in [2.75, 3.05) is 5.73 Å². The Labute approximate surface area is 167 Å². The third kappa shape index (κ3) is 3.06. The minimum Gasteiger partial charge on any atom is -0.507 e. The number of hydrogen-bond donors (Lipinski definition) is 3. The summed E-state index contributed by atoms with van der Waals surface area (Å²) in [5.41, 5.74) is 7.93. The van der Waals surface area contributed by atoms with Crippen LogP contribution in [-0.2, 0) is 6.42 Å². The van der Waals surface area contributed by atoms with E-state index in [4.69, 9.17) is 5.73 Å². The zero-order chi connectivity index (χ0) is 20.0. The number of rotatable bonds is 5. The van der Waals surface area contributed by atoms with Crippen molar-refractivity contribution in [2.45, 2.75) is 12.8 Å². The van der Waals surface area contributed by atoms with Crippen LogP contribution < -0.4 is 5.73 Å². The van der Waals surface area contributed by atoms with Gasteiger partial charge in [0.25, 0.3) is 0 Å². The van der Waals surface area contributed by atoms with Gasteiger partial charge in [-0.1, -0.05) is 11.3 Å². The second-order valence-corrected chi connectivity index (χ2v) is 7.33. The van der Waals surface area contributed by atoms with Crippen LogP contribution in [0, 0.1) is 0 Å². The number of fused-ring (bicyclic) bond motifs is 2. The van der Waals surface area contributed by atoms with Crippen molar-refractivity contribution in [3.05, 3.63) is 48.2 Å². The van der Waals surface area contributed by atoms with E-state index in [0.29, 0.717) is 44.6 Å². The quantitative estimate of drug-likeness (QED) is 0.297. The molecule has 29 heavy (non-hydrogen) atoms. The number of hydrogen-bond acceptors (Lipinski definition) is 9. The summed E-state index contributed by atoms with van der Waals surface area (Å²) < 4.78 is 1.59. The maximum absolute atomic E-state index is 12.5. The van der Waals surface area contributed by atoms with Crippen molar-refractivity contribution < 1.29 is 9.90 Å². The Morgan fingerprint density at radius 2 is 2.17 bits per heavy atom. The molecule has 0 atom stereocenters. The summed E-state index contributed by atoms with van der Waals surface area (Å²) in [5, 5.41) is 23.4. The lowest BCUT2D eigenvalue weighted by atomic mass is 10.2. The highest BCUT2D eigenvalue weighted by Crippen LogP contribution is 2.33. The van der Waals surface area contributed by atoms with E-state index in [2.05, 4.69) is 30.2 Å². The zero-order valence-electron chi connectivity index (χ0n) is 14.9. The number of carbonyl (C=O) groups excluding carboxylic acids is 1. The molecule has 4 aromatic heterocycles. The lowest BCUT2D eigenvalue weighted by molar-refractivity contribution is 0.0973. The number of aromatic hydroxyl groups is 1. The van der Waals surface area contributed by atoms with Crippen molar-refractivity contribution in [2.24, 2.45) is 0 Å². The molecule has 1 aromatic carbocycles. The smallest absolute Gasteiger partial charge is 0.234 e. The van der Waals surface area contributed by atoms with Crippen LogP contribution in [0.15, 0.2) is 36.5 Å². The van der Waals surface area contributed by atoms with E-state index < -0.39 is 0 Å². The summed E-state index contributed by atoms with van der Waals surface area (Å²) in [6, 6.07) is 8.46. The molecule has 0 aliphatic heterocycles. The molecule has 4 heterocycles. The number of pyridine rings is 1. The molecule has 0 aliphatic carbocycles. The molecule has 5 aromatic rings. The van der Waals surface area contributed by atoms with Gasteiger partial charge in [-0.3, -0.25) is 4.79 Å². The van der Waals surface area contributed by atoms with Crippen molar-refractivity contribution in [3.63, 3.8) is 0 Å². The fourth-order valence-electron chi connectivity index (χ4n) is 2.97. The first kappa shape index (κ1) is 17.3. The van der Waals surface area contributed by atoms with Crippen LogP contribution in [-0.4, -0.2) is 45.7 Å². The third-order valence-electron chi connectivity index (χ3n) is 4.40. The van der Waals surface area contributed by atoms with E-state index in [-0.39, 0.29) is 23.8 Å². The molecule has 144 valence electrons. The molecular formula is C18H14N8O2S. The van der Waals surface area contributed by atoms with Crippen LogP contribution in [0.1, 0.15) is 22.9 Å². The van der Waals surface area contributed by atoms with E-state index in [0.717, 1.165) is 0 Å². The Bertz CT molecular complexity index is 1340. The topological polar surface area (TPSA) is 148 Å². The number of nitrogens with one attached hydrogen (secondary N) is 1. The van der Waals surface area contributed by atoms with Gasteiger partial charge in [-0.2, -0.15) is 9.61 Å².